The van der Waals surface area contributed by atoms with Crippen molar-refractivity contribution < 1.29 is 13.2 Å². The van der Waals surface area contributed by atoms with Crippen molar-refractivity contribution in [3.05, 3.63) is 0 Å². The van der Waals surface area contributed by atoms with Crippen LogP contribution in [0.5, 0.6) is 0 Å². The first kappa shape index (κ1) is 12.2. The number of unbranched alkanes of at least 4 members (excludes halogenated alkanes) is 1. The van der Waals surface area contributed by atoms with E-state index in [1.807, 2.05) is 0 Å². The lowest BCUT2D eigenvalue weighted by Gasteiger charge is -2.22. The quantitative estimate of drug-likeness (QED) is 0.719. The first-order valence-electron chi connectivity index (χ1n) is 6.35. The average Bonchev–Trinajstić information content (AvgIpc) is 2.76. The number of halogens is 3. The molecular formula is C12H20F3N. The van der Waals surface area contributed by atoms with Gasteiger partial charge in [0, 0.05) is 12.5 Å². The van der Waals surface area contributed by atoms with E-state index in [4.69, 9.17) is 0 Å². The van der Waals surface area contributed by atoms with E-state index >= 15 is 0 Å². The summed E-state index contributed by atoms with van der Waals surface area (Å²) in [5.41, 5.74) is 0. The Morgan fingerprint density at radius 1 is 1.06 bits per heavy atom. The monoisotopic (exact) mass is 235 g/mol. The second kappa shape index (κ2) is 4.94. The van der Waals surface area contributed by atoms with Crippen LogP contribution in [0.25, 0.3) is 0 Å². The van der Waals surface area contributed by atoms with Crippen LogP contribution in [0.3, 0.4) is 0 Å². The molecule has 2 rings (SSSR count). The second-order valence-electron chi connectivity index (χ2n) is 5.31. The number of nitrogens with one attached hydrogen (secondary N) is 1. The van der Waals surface area contributed by atoms with Crippen molar-refractivity contribution in [3.8, 4) is 0 Å². The normalized spacial score (nSPS) is 33.6. The molecule has 3 atom stereocenters. The van der Waals surface area contributed by atoms with Crippen molar-refractivity contribution in [2.45, 2.75) is 57.2 Å². The van der Waals surface area contributed by atoms with E-state index in [2.05, 4.69) is 5.32 Å². The van der Waals surface area contributed by atoms with E-state index in [9.17, 15) is 13.2 Å². The molecule has 2 saturated carbocycles. The summed E-state index contributed by atoms with van der Waals surface area (Å²) in [4.78, 5) is 0. The van der Waals surface area contributed by atoms with Gasteiger partial charge in [-0.15, -0.1) is 0 Å². The van der Waals surface area contributed by atoms with Crippen LogP contribution in [0.1, 0.15) is 44.9 Å². The minimum absolute atomic E-state index is 0.261. The first-order chi connectivity index (χ1) is 7.54. The van der Waals surface area contributed by atoms with E-state index in [-0.39, 0.29) is 6.42 Å². The Balaban J connectivity index is 1.52. The lowest BCUT2D eigenvalue weighted by molar-refractivity contribution is -0.135. The first-order valence-corrected chi connectivity index (χ1v) is 6.35. The van der Waals surface area contributed by atoms with Crippen LogP contribution in [0.4, 0.5) is 13.2 Å². The molecule has 3 unspecified atom stereocenters. The van der Waals surface area contributed by atoms with Crippen LogP contribution in [0, 0.1) is 11.8 Å². The lowest BCUT2D eigenvalue weighted by Crippen LogP contribution is -2.34. The smallest absolute Gasteiger partial charge is 0.314 e. The fourth-order valence-electron chi connectivity index (χ4n) is 3.23. The Kier molecular flexibility index (Phi) is 3.77. The molecule has 2 aliphatic carbocycles. The van der Waals surface area contributed by atoms with Gasteiger partial charge in [-0.1, -0.05) is 6.42 Å². The predicted octanol–water partition coefficient (Wildman–Crippen LogP) is 3.50. The zero-order valence-electron chi connectivity index (χ0n) is 9.52. The SMILES string of the molecule is FC(F)(F)CCCCNC1CC2CCC1C2. The summed E-state index contributed by atoms with van der Waals surface area (Å²) < 4.78 is 35.7. The maximum atomic E-state index is 11.9. The number of hydrogen-bond acceptors (Lipinski definition) is 1. The molecule has 2 aliphatic rings. The third-order valence-corrected chi connectivity index (χ3v) is 4.03. The summed E-state index contributed by atoms with van der Waals surface area (Å²) in [5.74, 6) is 1.71. The van der Waals surface area contributed by atoms with Crippen molar-refractivity contribution in [2.75, 3.05) is 6.54 Å². The highest BCUT2D eigenvalue weighted by molar-refractivity contribution is 4.93. The maximum absolute atomic E-state index is 11.9. The Morgan fingerprint density at radius 3 is 2.44 bits per heavy atom. The number of alkyl halides is 3. The molecule has 0 aromatic carbocycles. The fourth-order valence-corrected chi connectivity index (χ4v) is 3.23. The van der Waals surface area contributed by atoms with E-state index in [0.29, 0.717) is 12.5 Å². The zero-order chi connectivity index (χ0) is 11.6. The standard InChI is InChI=1S/C12H20F3N/c13-12(14,15)5-1-2-6-16-11-8-9-3-4-10(11)7-9/h9-11,16H,1-8H2. The molecule has 1 N–H and O–H groups in total. The van der Waals surface area contributed by atoms with Crippen molar-refractivity contribution >= 4 is 0 Å². The second-order valence-corrected chi connectivity index (χ2v) is 5.31. The molecule has 2 bridgehead atoms. The molecule has 0 aromatic rings. The van der Waals surface area contributed by atoms with Gasteiger partial charge in [0.05, 0.1) is 0 Å². The van der Waals surface area contributed by atoms with Gasteiger partial charge in [-0.25, -0.2) is 0 Å². The molecular weight excluding hydrogens is 215 g/mol. The molecule has 0 spiro atoms. The Hall–Kier alpha value is -0.250. The highest BCUT2D eigenvalue weighted by Gasteiger charge is 2.38. The van der Waals surface area contributed by atoms with E-state index in [1.54, 1.807) is 0 Å². The minimum Gasteiger partial charge on any atom is -0.314 e. The lowest BCUT2D eigenvalue weighted by atomic mass is 9.95. The van der Waals surface area contributed by atoms with Gasteiger partial charge in [0.15, 0.2) is 0 Å². The number of rotatable bonds is 5. The highest BCUT2D eigenvalue weighted by Crippen LogP contribution is 2.44. The molecule has 1 nitrogen and oxygen atoms in total. The van der Waals surface area contributed by atoms with Gasteiger partial charge in [-0.2, -0.15) is 13.2 Å². The summed E-state index contributed by atoms with van der Waals surface area (Å²) >= 11 is 0. The molecule has 4 heteroatoms. The molecule has 94 valence electrons. The summed E-state index contributed by atoms with van der Waals surface area (Å²) in [6, 6.07) is 0.602. The van der Waals surface area contributed by atoms with Crippen molar-refractivity contribution in [1.82, 2.24) is 5.32 Å². The van der Waals surface area contributed by atoms with Crippen molar-refractivity contribution in [3.63, 3.8) is 0 Å². The summed E-state index contributed by atoms with van der Waals surface area (Å²) in [6.45, 7) is 0.754. The van der Waals surface area contributed by atoms with Gasteiger partial charge in [0.1, 0.15) is 0 Å². The Labute approximate surface area is 94.8 Å². The van der Waals surface area contributed by atoms with Gasteiger partial charge >= 0.3 is 6.18 Å². The molecule has 0 aliphatic heterocycles. The Bertz CT molecular complexity index is 227. The van der Waals surface area contributed by atoms with Crippen LogP contribution in [-0.4, -0.2) is 18.8 Å². The van der Waals surface area contributed by atoms with Gasteiger partial charge in [-0.3, -0.25) is 0 Å². The maximum Gasteiger partial charge on any atom is 0.389 e. The number of hydrogen-bond donors (Lipinski definition) is 1. The summed E-state index contributed by atoms with van der Waals surface area (Å²) in [5, 5.41) is 3.43. The van der Waals surface area contributed by atoms with Crippen LogP contribution >= 0.6 is 0 Å². The third kappa shape index (κ3) is 3.37. The van der Waals surface area contributed by atoms with Crippen LogP contribution in [0.2, 0.25) is 0 Å². The number of fused-ring (bicyclic) bond motifs is 2. The molecule has 16 heavy (non-hydrogen) atoms. The molecule has 2 fully saturated rings. The summed E-state index contributed by atoms with van der Waals surface area (Å²) in [7, 11) is 0. The van der Waals surface area contributed by atoms with E-state index in [0.717, 1.165) is 18.4 Å². The predicted molar refractivity (Wildman–Crippen MR) is 57.1 cm³/mol. The molecule has 0 saturated heterocycles. The molecule has 0 aromatic heterocycles. The van der Waals surface area contributed by atoms with Crippen LogP contribution < -0.4 is 5.32 Å². The van der Waals surface area contributed by atoms with Crippen LogP contribution in [0.15, 0.2) is 0 Å². The van der Waals surface area contributed by atoms with Crippen LogP contribution in [-0.2, 0) is 0 Å². The molecule has 0 radical (unpaired) electrons. The van der Waals surface area contributed by atoms with Gasteiger partial charge in [0.2, 0.25) is 0 Å². The van der Waals surface area contributed by atoms with Gasteiger partial charge < -0.3 is 5.32 Å². The third-order valence-electron chi connectivity index (χ3n) is 4.03. The summed E-state index contributed by atoms with van der Waals surface area (Å²) in [6.07, 6.45) is 1.59. The Morgan fingerprint density at radius 2 is 1.88 bits per heavy atom. The average molecular weight is 235 g/mol. The van der Waals surface area contributed by atoms with Gasteiger partial charge in [-0.05, 0) is 50.5 Å². The van der Waals surface area contributed by atoms with Crippen molar-refractivity contribution in [2.24, 2.45) is 11.8 Å². The van der Waals surface area contributed by atoms with E-state index in [1.165, 1.54) is 25.7 Å². The van der Waals surface area contributed by atoms with Gasteiger partial charge in [0.25, 0.3) is 0 Å². The largest absolute Gasteiger partial charge is 0.389 e. The molecule has 0 amide bonds. The topological polar surface area (TPSA) is 12.0 Å². The van der Waals surface area contributed by atoms with E-state index < -0.39 is 12.6 Å². The fraction of sp³-hybridized carbons (Fsp3) is 1.00. The molecule has 0 heterocycles. The minimum atomic E-state index is -3.98. The zero-order valence-corrected chi connectivity index (χ0v) is 9.52. The van der Waals surface area contributed by atoms with Crippen molar-refractivity contribution in [1.29, 1.82) is 0 Å². The highest BCUT2D eigenvalue weighted by atomic mass is 19.4.